The lowest BCUT2D eigenvalue weighted by Crippen LogP contribution is -2.15. The van der Waals surface area contributed by atoms with Gasteiger partial charge in [0, 0.05) is 0 Å². The van der Waals surface area contributed by atoms with Gasteiger partial charge in [-0.3, -0.25) is 9.48 Å². The van der Waals surface area contributed by atoms with E-state index in [1.165, 1.54) is 0 Å². The number of halogens is 1. The Hall–Kier alpha value is -0.790. The summed E-state index contributed by atoms with van der Waals surface area (Å²) in [4.78, 5) is 11.3. The molecule has 0 bridgehead atoms. The quantitative estimate of drug-likeness (QED) is 0.606. The summed E-state index contributed by atoms with van der Waals surface area (Å²) in [6, 6.07) is 0. The lowest BCUT2D eigenvalue weighted by atomic mass is 10.4. The molecule has 0 N–H and O–H groups in total. The Kier molecular flexibility index (Phi) is 5.04. The van der Waals surface area contributed by atoms with Crippen LogP contribution in [0.2, 0.25) is 0 Å². The van der Waals surface area contributed by atoms with Crippen LogP contribution in [-0.4, -0.2) is 29.0 Å². The molecule has 5 nitrogen and oxygen atoms in total. The molecule has 1 aromatic rings. The average molecular weight is 338 g/mol. The van der Waals surface area contributed by atoms with Crippen LogP contribution in [-0.2, 0) is 16.1 Å². The number of carbonyl (C=O) groups is 1. The van der Waals surface area contributed by atoms with E-state index in [9.17, 15) is 4.79 Å². The molecule has 0 atom stereocenters. The minimum absolute atomic E-state index is 0.128. The van der Waals surface area contributed by atoms with Gasteiger partial charge in [0.15, 0.2) is 0 Å². The zero-order chi connectivity index (χ0) is 12.1. The monoisotopic (exact) mass is 338 g/mol. The van der Waals surface area contributed by atoms with Crippen LogP contribution in [0.15, 0.2) is 0 Å². The molecule has 6 heteroatoms. The van der Waals surface area contributed by atoms with Crippen LogP contribution < -0.4 is 4.74 Å². The van der Waals surface area contributed by atoms with Gasteiger partial charge in [0.2, 0.25) is 5.88 Å². The van der Waals surface area contributed by atoms with E-state index in [1.54, 1.807) is 11.6 Å². The summed E-state index contributed by atoms with van der Waals surface area (Å²) in [5.74, 6) is 0.289. The molecule has 0 aromatic carbocycles. The second-order valence-electron chi connectivity index (χ2n) is 3.10. The minimum Gasteiger partial charge on any atom is -0.476 e. The van der Waals surface area contributed by atoms with E-state index in [1.807, 2.05) is 13.8 Å². The van der Waals surface area contributed by atoms with Crippen molar-refractivity contribution in [3.05, 3.63) is 9.26 Å². The fourth-order valence-corrected chi connectivity index (χ4v) is 1.75. The molecule has 1 rings (SSSR count). The van der Waals surface area contributed by atoms with Crippen LogP contribution >= 0.6 is 22.6 Å². The molecule has 0 aliphatic carbocycles. The first-order valence-corrected chi connectivity index (χ1v) is 6.19. The maximum Gasteiger partial charge on any atom is 0.327 e. The summed E-state index contributed by atoms with van der Waals surface area (Å²) < 4.78 is 12.8. The van der Waals surface area contributed by atoms with Gasteiger partial charge in [0.05, 0.1) is 22.5 Å². The zero-order valence-electron chi connectivity index (χ0n) is 9.62. The number of nitrogens with zero attached hydrogens (tertiary/aromatic N) is 2. The predicted molar refractivity (Wildman–Crippen MR) is 67.5 cm³/mol. The van der Waals surface area contributed by atoms with E-state index in [0.29, 0.717) is 19.1 Å². The molecule has 0 saturated heterocycles. The van der Waals surface area contributed by atoms with Crippen molar-refractivity contribution >= 4 is 28.6 Å². The molecule has 1 aromatic heterocycles. The molecule has 0 aliphatic heterocycles. The molecule has 0 unspecified atom stereocenters. The van der Waals surface area contributed by atoms with E-state index >= 15 is 0 Å². The second kappa shape index (κ2) is 6.07. The number of aromatic nitrogens is 2. The second-order valence-corrected chi connectivity index (χ2v) is 4.18. The zero-order valence-corrected chi connectivity index (χ0v) is 11.8. The highest BCUT2D eigenvalue weighted by Gasteiger charge is 2.15. The Morgan fingerprint density at radius 2 is 2.12 bits per heavy atom. The fourth-order valence-electron chi connectivity index (χ4n) is 1.21. The summed E-state index contributed by atoms with van der Waals surface area (Å²) in [5, 5.41) is 4.21. The van der Waals surface area contributed by atoms with Crippen molar-refractivity contribution in [1.82, 2.24) is 9.78 Å². The van der Waals surface area contributed by atoms with Gasteiger partial charge in [-0.2, -0.15) is 0 Å². The summed E-state index contributed by atoms with van der Waals surface area (Å²) in [6.07, 6.45) is 0. The van der Waals surface area contributed by atoms with Crippen LogP contribution in [0.5, 0.6) is 5.88 Å². The van der Waals surface area contributed by atoms with Crippen molar-refractivity contribution in [2.45, 2.75) is 27.3 Å². The molecule has 16 heavy (non-hydrogen) atoms. The number of rotatable bonds is 5. The van der Waals surface area contributed by atoms with Crippen molar-refractivity contribution < 1.29 is 14.3 Å². The van der Waals surface area contributed by atoms with Crippen molar-refractivity contribution in [2.24, 2.45) is 0 Å². The molecule has 0 saturated carbocycles. The van der Waals surface area contributed by atoms with E-state index in [0.717, 1.165) is 9.26 Å². The molecule has 90 valence electrons. The fraction of sp³-hybridized carbons (Fsp3) is 0.600. The Balaban J connectivity index is 2.80. The number of ether oxygens (including phenoxy) is 2. The summed E-state index contributed by atoms with van der Waals surface area (Å²) in [6.45, 7) is 6.65. The standard InChI is InChI=1S/C10H15IN2O3/c1-4-15-8(14)6-13-7(3)9(11)10(12-13)16-5-2/h4-6H2,1-3H3. The molecule has 0 aliphatic rings. The highest BCUT2D eigenvalue weighted by Crippen LogP contribution is 2.22. The van der Waals surface area contributed by atoms with Crippen LogP contribution in [0.25, 0.3) is 0 Å². The molecular weight excluding hydrogens is 323 g/mol. The first kappa shape index (κ1) is 13.3. The highest BCUT2D eigenvalue weighted by molar-refractivity contribution is 14.1. The van der Waals surface area contributed by atoms with Gasteiger partial charge in [0.1, 0.15) is 6.54 Å². The molecule has 0 amide bonds. The van der Waals surface area contributed by atoms with Gasteiger partial charge in [-0.15, -0.1) is 5.10 Å². The third kappa shape index (κ3) is 3.10. The van der Waals surface area contributed by atoms with Crippen LogP contribution in [0.3, 0.4) is 0 Å². The lowest BCUT2D eigenvalue weighted by Gasteiger charge is -2.03. The Morgan fingerprint density at radius 3 is 2.69 bits per heavy atom. The molecular formula is C10H15IN2O3. The van der Waals surface area contributed by atoms with Gasteiger partial charge in [0.25, 0.3) is 0 Å². The number of carbonyl (C=O) groups excluding carboxylic acids is 1. The Labute approximate surface area is 108 Å². The largest absolute Gasteiger partial charge is 0.476 e. The number of hydrogen-bond acceptors (Lipinski definition) is 4. The predicted octanol–water partition coefficient (Wildman–Crippen LogP) is 1.76. The summed E-state index contributed by atoms with van der Waals surface area (Å²) >= 11 is 2.16. The first-order chi connectivity index (χ1) is 7.60. The van der Waals surface area contributed by atoms with E-state index in [2.05, 4.69) is 27.7 Å². The van der Waals surface area contributed by atoms with Gasteiger partial charge in [-0.1, -0.05) is 0 Å². The summed E-state index contributed by atoms with van der Waals surface area (Å²) in [7, 11) is 0. The van der Waals surface area contributed by atoms with Crippen molar-refractivity contribution in [1.29, 1.82) is 0 Å². The maximum atomic E-state index is 11.3. The molecule has 0 radical (unpaired) electrons. The van der Waals surface area contributed by atoms with E-state index < -0.39 is 0 Å². The third-order valence-corrected chi connectivity index (χ3v) is 3.21. The molecule has 1 heterocycles. The average Bonchev–Trinajstić information content (AvgIpc) is 2.48. The van der Waals surface area contributed by atoms with Gasteiger partial charge < -0.3 is 9.47 Å². The first-order valence-electron chi connectivity index (χ1n) is 5.11. The van der Waals surface area contributed by atoms with Crippen molar-refractivity contribution in [3.63, 3.8) is 0 Å². The number of hydrogen-bond donors (Lipinski definition) is 0. The lowest BCUT2D eigenvalue weighted by molar-refractivity contribution is -0.144. The topological polar surface area (TPSA) is 53.4 Å². The van der Waals surface area contributed by atoms with Gasteiger partial charge in [-0.05, 0) is 43.4 Å². The van der Waals surface area contributed by atoms with Crippen molar-refractivity contribution in [3.8, 4) is 5.88 Å². The third-order valence-electron chi connectivity index (χ3n) is 1.97. The van der Waals surface area contributed by atoms with Gasteiger partial charge in [-0.25, -0.2) is 0 Å². The molecule has 0 spiro atoms. The van der Waals surface area contributed by atoms with Crippen LogP contribution in [0.1, 0.15) is 19.5 Å². The SMILES string of the molecule is CCOC(=O)Cn1nc(OCC)c(I)c1C. The van der Waals surface area contributed by atoms with Crippen LogP contribution in [0, 0.1) is 10.5 Å². The Bertz CT molecular complexity index is 376. The summed E-state index contributed by atoms with van der Waals surface area (Å²) in [5.41, 5.74) is 0.914. The van der Waals surface area contributed by atoms with Crippen LogP contribution in [0.4, 0.5) is 0 Å². The van der Waals surface area contributed by atoms with E-state index in [4.69, 9.17) is 9.47 Å². The normalized spacial score (nSPS) is 10.2. The Morgan fingerprint density at radius 1 is 1.44 bits per heavy atom. The maximum absolute atomic E-state index is 11.3. The van der Waals surface area contributed by atoms with Crippen molar-refractivity contribution in [2.75, 3.05) is 13.2 Å². The number of esters is 1. The van der Waals surface area contributed by atoms with E-state index in [-0.39, 0.29) is 12.5 Å². The molecule has 0 fully saturated rings. The minimum atomic E-state index is -0.285. The highest BCUT2D eigenvalue weighted by atomic mass is 127. The smallest absolute Gasteiger partial charge is 0.327 e. The van der Waals surface area contributed by atoms with Gasteiger partial charge >= 0.3 is 5.97 Å².